The van der Waals surface area contributed by atoms with Gasteiger partial charge in [0.25, 0.3) is 0 Å². The van der Waals surface area contributed by atoms with Gasteiger partial charge in [-0.3, -0.25) is 0 Å². The van der Waals surface area contributed by atoms with Gasteiger partial charge >= 0.3 is 0 Å². The van der Waals surface area contributed by atoms with E-state index in [4.69, 9.17) is 4.74 Å². The summed E-state index contributed by atoms with van der Waals surface area (Å²) in [6.07, 6.45) is 34.7. The molecule has 2 heterocycles. The van der Waals surface area contributed by atoms with Gasteiger partial charge in [-0.1, -0.05) is 90.6 Å². The fourth-order valence-electron chi connectivity index (χ4n) is 7.45. The van der Waals surface area contributed by atoms with E-state index in [1.165, 1.54) is 35.4 Å². The van der Waals surface area contributed by atoms with Crippen LogP contribution < -0.4 is 4.90 Å². The quantitative estimate of drug-likeness (QED) is 0.465. The summed E-state index contributed by atoms with van der Waals surface area (Å²) in [7, 11) is 0. The highest BCUT2D eigenvalue weighted by molar-refractivity contribution is 5.64. The molecule has 0 N–H and O–H groups in total. The van der Waals surface area contributed by atoms with E-state index in [9.17, 15) is 0 Å². The number of nitrogens with zero attached hydrogens (tertiary/aromatic N) is 2. The van der Waals surface area contributed by atoms with Crippen LogP contribution in [-0.2, 0) is 4.74 Å². The molecular formula is C34H32N2O. The second-order valence-electron chi connectivity index (χ2n) is 11.1. The van der Waals surface area contributed by atoms with Crippen LogP contribution in [0.25, 0.3) is 0 Å². The van der Waals surface area contributed by atoms with Crippen molar-refractivity contribution in [3.05, 3.63) is 137 Å². The summed E-state index contributed by atoms with van der Waals surface area (Å²) in [6, 6.07) is 11.8. The molecule has 1 fully saturated rings. The normalized spacial score (nSPS) is 34.8. The SMILES string of the molecule is C1=CC2OC3C=CC=CC3N(C3=CC4=C(CC3)CCC3=C4C=CC4C=CN(c5ccccc5)C34)C2C=C1. The van der Waals surface area contributed by atoms with Crippen molar-refractivity contribution in [2.24, 2.45) is 5.92 Å². The molecule has 1 aromatic carbocycles. The van der Waals surface area contributed by atoms with Gasteiger partial charge in [0.05, 0.1) is 18.1 Å². The second kappa shape index (κ2) is 8.49. The smallest absolute Gasteiger partial charge is 0.101 e. The van der Waals surface area contributed by atoms with Crippen LogP contribution >= 0.6 is 0 Å². The Bertz CT molecular complexity index is 1360. The standard InChI is InChI=1S/C34H32N2O/c1-2-8-25(9-3-1)35-21-20-24-16-18-27-28(34(24)35)19-15-23-14-17-26(22-29(23)27)36-30-10-4-6-12-32(30)37-33-13-7-5-11-31(33)36/h1-13,16,18,20-22,24,30-34H,14-15,17,19H2. The van der Waals surface area contributed by atoms with E-state index in [1.54, 1.807) is 11.1 Å². The minimum Gasteiger partial charge on any atom is -0.362 e. The molecule has 1 aromatic rings. The molecule has 0 radical (unpaired) electrons. The molecule has 0 amide bonds. The molecule has 0 saturated carbocycles. The predicted octanol–water partition coefficient (Wildman–Crippen LogP) is 6.70. The Hall–Kier alpha value is -3.56. The van der Waals surface area contributed by atoms with Crippen LogP contribution in [0, 0.1) is 5.92 Å². The Morgan fingerprint density at radius 3 is 2.22 bits per heavy atom. The molecule has 6 unspecified atom stereocenters. The molecule has 1 saturated heterocycles. The maximum absolute atomic E-state index is 6.52. The van der Waals surface area contributed by atoms with Crippen LogP contribution in [0.2, 0.25) is 0 Å². The molecule has 8 rings (SSSR count). The van der Waals surface area contributed by atoms with E-state index < -0.39 is 0 Å². The number of ether oxygens (including phenoxy) is 1. The van der Waals surface area contributed by atoms with Crippen LogP contribution in [0.5, 0.6) is 0 Å². The lowest BCUT2D eigenvalue weighted by Gasteiger charge is -2.51. The summed E-state index contributed by atoms with van der Waals surface area (Å²) in [5.41, 5.74) is 8.96. The van der Waals surface area contributed by atoms with Crippen molar-refractivity contribution >= 4 is 5.69 Å². The number of anilines is 1. The van der Waals surface area contributed by atoms with Crippen molar-refractivity contribution in [1.29, 1.82) is 0 Å². The fraction of sp³-hybridized carbons (Fsp3) is 0.294. The summed E-state index contributed by atoms with van der Waals surface area (Å²) in [4.78, 5) is 5.16. The van der Waals surface area contributed by atoms with Gasteiger partial charge in [0.15, 0.2) is 0 Å². The largest absolute Gasteiger partial charge is 0.362 e. The van der Waals surface area contributed by atoms with Crippen LogP contribution in [0.4, 0.5) is 5.69 Å². The first-order valence-corrected chi connectivity index (χ1v) is 13.8. The molecule has 3 nitrogen and oxygen atoms in total. The zero-order valence-corrected chi connectivity index (χ0v) is 21.0. The van der Waals surface area contributed by atoms with Gasteiger partial charge < -0.3 is 14.5 Å². The van der Waals surface area contributed by atoms with E-state index in [0.717, 1.165) is 12.8 Å². The lowest BCUT2D eigenvalue weighted by Crippen LogP contribution is -2.58. The number of hydrogen-bond donors (Lipinski definition) is 0. The maximum atomic E-state index is 6.52. The van der Waals surface area contributed by atoms with Crippen LogP contribution in [0.15, 0.2) is 137 Å². The van der Waals surface area contributed by atoms with Crippen LogP contribution in [-0.4, -0.2) is 35.2 Å². The molecule has 184 valence electrons. The van der Waals surface area contributed by atoms with Gasteiger partial charge in [-0.05, 0) is 60.6 Å². The Kier molecular flexibility index (Phi) is 4.94. The minimum absolute atomic E-state index is 0.0964. The van der Waals surface area contributed by atoms with E-state index in [1.807, 2.05) is 0 Å². The van der Waals surface area contributed by atoms with E-state index in [2.05, 4.69) is 119 Å². The van der Waals surface area contributed by atoms with Gasteiger partial charge in [-0.2, -0.15) is 0 Å². The summed E-state index contributed by atoms with van der Waals surface area (Å²) < 4.78 is 6.52. The van der Waals surface area contributed by atoms with Gasteiger partial charge in [0.1, 0.15) is 12.2 Å². The van der Waals surface area contributed by atoms with Crippen LogP contribution in [0.3, 0.4) is 0 Å². The minimum atomic E-state index is 0.0964. The summed E-state index contributed by atoms with van der Waals surface area (Å²) >= 11 is 0. The average molecular weight is 485 g/mol. The zero-order chi connectivity index (χ0) is 24.3. The van der Waals surface area contributed by atoms with Crippen molar-refractivity contribution in [1.82, 2.24) is 4.90 Å². The molecule has 7 aliphatic rings. The number of benzene rings is 1. The van der Waals surface area contributed by atoms with Crippen molar-refractivity contribution < 1.29 is 4.74 Å². The molecule has 2 aliphatic heterocycles. The molecule has 5 aliphatic carbocycles. The number of allylic oxidation sites excluding steroid dienone is 10. The Labute approximate surface area is 219 Å². The number of para-hydroxylation sites is 1. The first-order chi connectivity index (χ1) is 18.3. The first-order valence-electron chi connectivity index (χ1n) is 13.8. The number of morpholine rings is 1. The maximum Gasteiger partial charge on any atom is 0.101 e. The third-order valence-electron chi connectivity index (χ3n) is 9.14. The van der Waals surface area contributed by atoms with Crippen molar-refractivity contribution in [2.45, 2.75) is 56.0 Å². The summed E-state index contributed by atoms with van der Waals surface area (Å²) in [5, 5.41) is 0. The van der Waals surface area contributed by atoms with Crippen molar-refractivity contribution in [2.75, 3.05) is 4.90 Å². The molecule has 0 aromatic heterocycles. The third-order valence-corrected chi connectivity index (χ3v) is 9.14. The van der Waals surface area contributed by atoms with E-state index in [0.29, 0.717) is 12.0 Å². The Balaban J connectivity index is 1.18. The van der Waals surface area contributed by atoms with Crippen LogP contribution in [0.1, 0.15) is 25.7 Å². The van der Waals surface area contributed by atoms with Gasteiger partial charge in [0.2, 0.25) is 0 Å². The zero-order valence-electron chi connectivity index (χ0n) is 21.0. The highest BCUT2D eigenvalue weighted by Gasteiger charge is 2.43. The van der Waals surface area contributed by atoms with E-state index in [-0.39, 0.29) is 24.3 Å². The Morgan fingerprint density at radius 2 is 1.43 bits per heavy atom. The monoisotopic (exact) mass is 484 g/mol. The predicted molar refractivity (Wildman–Crippen MR) is 150 cm³/mol. The Morgan fingerprint density at radius 1 is 0.703 bits per heavy atom. The molecular weight excluding hydrogens is 452 g/mol. The summed E-state index contributed by atoms with van der Waals surface area (Å²) in [5.74, 6) is 0.451. The lowest BCUT2D eigenvalue weighted by molar-refractivity contribution is -0.0784. The lowest BCUT2D eigenvalue weighted by atomic mass is 9.73. The average Bonchev–Trinajstić information content (AvgIpc) is 3.41. The molecule has 6 atom stereocenters. The highest BCUT2D eigenvalue weighted by Crippen LogP contribution is 2.48. The van der Waals surface area contributed by atoms with Gasteiger partial charge in [-0.25, -0.2) is 0 Å². The number of hydrogen-bond acceptors (Lipinski definition) is 3. The van der Waals surface area contributed by atoms with Crippen molar-refractivity contribution in [3.63, 3.8) is 0 Å². The topological polar surface area (TPSA) is 15.7 Å². The van der Waals surface area contributed by atoms with Gasteiger partial charge in [0, 0.05) is 23.5 Å². The summed E-state index contributed by atoms with van der Waals surface area (Å²) in [6.45, 7) is 0. The molecule has 0 spiro atoms. The van der Waals surface area contributed by atoms with Crippen molar-refractivity contribution in [3.8, 4) is 0 Å². The number of fused-ring (bicyclic) bond motifs is 5. The van der Waals surface area contributed by atoms with E-state index >= 15 is 0 Å². The molecule has 0 bridgehead atoms. The number of rotatable bonds is 2. The molecule has 37 heavy (non-hydrogen) atoms. The van der Waals surface area contributed by atoms with Gasteiger partial charge in [-0.15, -0.1) is 0 Å². The fourth-order valence-corrected chi connectivity index (χ4v) is 7.45. The second-order valence-corrected chi connectivity index (χ2v) is 11.1. The third kappa shape index (κ3) is 3.37. The highest BCUT2D eigenvalue weighted by atomic mass is 16.5. The first kappa shape index (κ1) is 21.5. The molecule has 3 heteroatoms.